The van der Waals surface area contributed by atoms with E-state index >= 15 is 0 Å². The Bertz CT molecular complexity index is 372. The zero-order valence-electron chi connectivity index (χ0n) is 10.3. The summed E-state index contributed by atoms with van der Waals surface area (Å²) in [5.74, 6) is 0.354. The highest BCUT2D eigenvalue weighted by Crippen LogP contribution is 2.25. The van der Waals surface area contributed by atoms with Crippen LogP contribution in [-0.2, 0) is 0 Å². The van der Waals surface area contributed by atoms with E-state index in [1.807, 2.05) is 6.07 Å². The molecule has 0 unspecified atom stereocenters. The number of hydrogen-bond acceptors (Lipinski definition) is 2. The summed E-state index contributed by atoms with van der Waals surface area (Å²) in [7, 11) is 0. The highest BCUT2D eigenvalue weighted by molar-refractivity contribution is 5.30. The van der Waals surface area contributed by atoms with Gasteiger partial charge in [0.05, 0.1) is 6.10 Å². The van der Waals surface area contributed by atoms with Gasteiger partial charge in [0.25, 0.3) is 0 Å². The Morgan fingerprint density at radius 3 is 2.59 bits per heavy atom. The molecule has 1 aliphatic carbocycles. The van der Waals surface area contributed by atoms with Gasteiger partial charge in [-0.15, -0.1) is 0 Å². The first kappa shape index (κ1) is 12.4. The maximum Gasteiger partial charge on any atom is 0.131 e. The largest absolute Gasteiger partial charge is 0.490 e. The molecule has 1 saturated carbocycles. The van der Waals surface area contributed by atoms with Crippen LogP contribution in [0.25, 0.3) is 0 Å². The number of ether oxygens (including phenoxy) is 1. The van der Waals surface area contributed by atoms with Crippen LogP contribution in [0.1, 0.15) is 50.6 Å². The second-order valence-corrected chi connectivity index (χ2v) is 4.85. The minimum atomic E-state index is -0.279. The van der Waals surface area contributed by atoms with Gasteiger partial charge in [-0.05, 0) is 38.7 Å². The van der Waals surface area contributed by atoms with E-state index in [1.54, 1.807) is 13.0 Å². The fourth-order valence-corrected chi connectivity index (χ4v) is 2.33. The van der Waals surface area contributed by atoms with Gasteiger partial charge < -0.3 is 10.5 Å². The summed E-state index contributed by atoms with van der Waals surface area (Å²) in [5, 5.41) is 0. The average Bonchev–Trinajstić information content (AvgIpc) is 2.30. The molecule has 17 heavy (non-hydrogen) atoms. The van der Waals surface area contributed by atoms with E-state index in [1.165, 1.54) is 25.3 Å². The van der Waals surface area contributed by atoms with Crippen molar-refractivity contribution < 1.29 is 9.13 Å². The van der Waals surface area contributed by atoms with Gasteiger partial charge in [0.1, 0.15) is 11.6 Å². The van der Waals surface area contributed by atoms with Crippen molar-refractivity contribution >= 4 is 0 Å². The predicted octanol–water partition coefficient (Wildman–Crippen LogP) is 3.56. The fourth-order valence-electron chi connectivity index (χ4n) is 2.33. The van der Waals surface area contributed by atoms with Crippen molar-refractivity contribution in [1.82, 2.24) is 0 Å². The lowest BCUT2D eigenvalue weighted by atomic mass is 9.98. The summed E-state index contributed by atoms with van der Waals surface area (Å²) in [6.45, 7) is 1.78. The van der Waals surface area contributed by atoms with E-state index < -0.39 is 0 Å². The minimum Gasteiger partial charge on any atom is -0.490 e. The van der Waals surface area contributed by atoms with Gasteiger partial charge in [-0.1, -0.05) is 12.5 Å². The monoisotopic (exact) mass is 237 g/mol. The van der Waals surface area contributed by atoms with Gasteiger partial charge in [-0.3, -0.25) is 0 Å². The molecule has 3 heteroatoms. The highest BCUT2D eigenvalue weighted by Gasteiger charge is 2.16. The third-order valence-electron chi connectivity index (χ3n) is 3.32. The van der Waals surface area contributed by atoms with E-state index in [0.717, 1.165) is 12.8 Å². The Hall–Kier alpha value is -1.09. The molecule has 1 aromatic rings. The van der Waals surface area contributed by atoms with Crippen LogP contribution in [0.5, 0.6) is 5.75 Å². The average molecular weight is 237 g/mol. The lowest BCUT2D eigenvalue weighted by molar-refractivity contribution is 0.154. The van der Waals surface area contributed by atoms with Gasteiger partial charge in [0.2, 0.25) is 0 Å². The van der Waals surface area contributed by atoms with Crippen LogP contribution in [0.2, 0.25) is 0 Å². The van der Waals surface area contributed by atoms with Crippen molar-refractivity contribution in [3.8, 4) is 5.75 Å². The SMILES string of the molecule is C[C@@H](N)c1ccc(OC2CCCCC2)cc1F. The molecule has 2 N–H and O–H groups in total. The van der Waals surface area contributed by atoms with Crippen LogP contribution in [-0.4, -0.2) is 6.10 Å². The molecule has 0 aliphatic heterocycles. The number of benzene rings is 1. The Morgan fingerprint density at radius 2 is 2.00 bits per heavy atom. The number of hydrogen-bond donors (Lipinski definition) is 1. The molecule has 0 aromatic heterocycles. The Morgan fingerprint density at radius 1 is 1.29 bits per heavy atom. The molecule has 0 amide bonds. The van der Waals surface area contributed by atoms with Gasteiger partial charge in [-0.2, -0.15) is 0 Å². The van der Waals surface area contributed by atoms with E-state index in [0.29, 0.717) is 11.3 Å². The predicted molar refractivity (Wildman–Crippen MR) is 66.5 cm³/mol. The van der Waals surface area contributed by atoms with E-state index in [9.17, 15) is 4.39 Å². The van der Waals surface area contributed by atoms with Gasteiger partial charge in [0.15, 0.2) is 0 Å². The zero-order chi connectivity index (χ0) is 12.3. The molecule has 1 aromatic carbocycles. The maximum absolute atomic E-state index is 13.7. The van der Waals surface area contributed by atoms with Crippen LogP contribution >= 0.6 is 0 Å². The van der Waals surface area contributed by atoms with Gasteiger partial charge in [-0.25, -0.2) is 4.39 Å². The number of rotatable bonds is 3. The molecule has 1 fully saturated rings. The topological polar surface area (TPSA) is 35.2 Å². The van der Waals surface area contributed by atoms with Crippen molar-refractivity contribution in [3.63, 3.8) is 0 Å². The first-order chi connectivity index (χ1) is 8.16. The summed E-state index contributed by atoms with van der Waals surface area (Å²) >= 11 is 0. The Balaban J connectivity index is 2.04. The number of nitrogens with two attached hydrogens (primary N) is 1. The fraction of sp³-hybridized carbons (Fsp3) is 0.571. The van der Waals surface area contributed by atoms with Crippen molar-refractivity contribution in [3.05, 3.63) is 29.6 Å². The van der Waals surface area contributed by atoms with Gasteiger partial charge >= 0.3 is 0 Å². The van der Waals surface area contributed by atoms with Crippen molar-refractivity contribution in [1.29, 1.82) is 0 Å². The molecule has 2 rings (SSSR count). The molecule has 0 bridgehead atoms. The molecule has 2 nitrogen and oxygen atoms in total. The Labute approximate surface area is 102 Å². The van der Waals surface area contributed by atoms with Crippen LogP contribution in [0, 0.1) is 5.82 Å². The summed E-state index contributed by atoms with van der Waals surface area (Å²) < 4.78 is 19.5. The van der Waals surface area contributed by atoms with E-state index in [2.05, 4.69) is 0 Å². The van der Waals surface area contributed by atoms with Crippen LogP contribution in [0.3, 0.4) is 0 Å². The zero-order valence-corrected chi connectivity index (χ0v) is 10.3. The molecule has 0 saturated heterocycles. The van der Waals surface area contributed by atoms with E-state index in [-0.39, 0.29) is 18.0 Å². The first-order valence-corrected chi connectivity index (χ1v) is 6.38. The summed E-state index contributed by atoms with van der Waals surface area (Å²) in [4.78, 5) is 0. The summed E-state index contributed by atoms with van der Waals surface area (Å²) in [6.07, 6.45) is 6.13. The third-order valence-corrected chi connectivity index (χ3v) is 3.32. The highest BCUT2D eigenvalue weighted by atomic mass is 19.1. The lowest BCUT2D eigenvalue weighted by Crippen LogP contribution is -2.19. The second kappa shape index (κ2) is 5.50. The molecule has 1 atom stereocenters. The molecule has 94 valence electrons. The van der Waals surface area contributed by atoms with Crippen molar-refractivity contribution in [2.75, 3.05) is 0 Å². The van der Waals surface area contributed by atoms with E-state index in [4.69, 9.17) is 10.5 Å². The van der Waals surface area contributed by atoms with Crippen molar-refractivity contribution in [2.24, 2.45) is 5.73 Å². The van der Waals surface area contributed by atoms with Gasteiger partial charge in [0, 0.05) is 17.7 Å². The lowest BCUT2D eigenvalue weighted by Gasteiger charge is -2.23. The first-order valence-electron chi connectivity index (χ1n) is 6.38. The summed E-state index contributed by atoms with van der Waals surface area (Å²) in [5.41, 5.74) is 6.21. The van der Waals surface area contributed by atoms with Crippen LogP contribution in [0.4, 0.5) is 4.39 Å². The third kappa shape index (κ3) is 3.19. The molecule has 0 heterocycles. The number of halogens is 1. The van der Waals surface area contributed by atoms with Crippen LogP contribution in [0.15, 0.2) is 18.2 Å². The normalized spacial score (nSPS) is 19.0. The van der Waals surface area contributed by atoms with Crippen molar-refractivity contribution in [2.45, 2.75) is 51.2 Å². The second-order valence-electron chi connectivity index (χ2n) is 4.85. The molecule has 1 aliphatic rings. The molecule has 0 radical (unpaired) electrons. The molecular formula is C14H20FNO. The van der Waals surface area contributed by atoms with Crippen LogP contribution < -0.4 is 10.5 Å². The standard InChI is InChI=1S/C14H20FNO/c1-10(16)13-8-7-12(9-14(13)15)17-11-5-3-2-4-6-11/h7-11H,2-6,16H2,1H3/t10-/m1/s1. The quantitative estimate of drug-likeness (QED) is 0.872. The molecular weight excluding hydrogens is 217 g/mol. The smallest absolute Gasteiger partial charge is 0.131 e. The maximum atomic E-state index is 13.7. The minimum absolute atomic E-state index is 0.254. The summed E-state index contributed by atoms with van der Waals surface area (Å²) in [6, 6.07) is 4.71. The Kier molecular flexibility index (Phi) is 4.00. The molecule has 0 spiro atoms.